The molecule has 0 radical (unpaired) electrons. The molecule has 10 heteroatoms. The first-order chi connectivity index (χ1) is 11.0. The number of carbonyl (C=O) groups is 2. The lowest BCUT2D eigenvalue weighted by Gasteiger charge is -2.22. The molecule has 1 aromatic carbocycles. The van der Waals surface area contributed by atoms with E-state index in [0.29, 0.717) is 5.56 Å². The second-order valence-electron chi connectivity index (χ2n) is 5.54. The second kappa shape index (κ2) is 6.34. The van der Waals surface area contributed by atoms with Crippen LogP contribution in [0.4, 0.5) is 13.6 Å². The van der Waals surface area contributed by atoms with Crippen LogP contribution in [0.3, 0.4) is 0 Å². The van der Waals surface area contributed by atoms with E-state index in [-0.39, 0.29) is 18.0 Å². The molecular weight excluding hydrogens is 346 g/mol. The van der Waals surface area contributed by atoms with Crippen molar-refractivity contribution in [1.82, 2.24) is 10.2 Å². The van der Waals surface area contributed by atoms with Gasteiger partial charge in [-0.15, -0.1) is 0 Å². The van der Waals surface area contributed by atoms with E-state index in [4.69, 9.17) is 0 Å². The standard InChI is InChI=1S/C14H16F2N2O5S/c1-14(9-3-5-10(6-4-9)23-12(15)16)11(19)18(13(20)17-14)7-8-24(2,21)22/h3-6,12H,7-8H2,1-2H3,(H,17,20)/t14-/m0/s1. The maximum absolute atomic E-state index is 12.5. The third-order valence-electron chi connectivity index (χ3n) is 3.62. The van der Waals surface area contributed by atoms with E-state index in [1.165, 1.54) is 31.2 Å². The molecule has 0 unspecified atom stereocenters. The molecule has 24 heavy (non-hydrogen) atoms. The fraction of sp³-hybridized carbons (Fsp3) is 0.429. The zero-order chi connectivity index (χ0) is 18.1. The van der Waals surface area contributed by atoms with Crippen molar-refractivity contribution < 1.29 is 31.5 Å². The zero-order valence-electron chi connectivity index (χ0n) is 13.0. The van der Waals surface area contributed by atoms with Gasteiger partial charge in [0.1, 0.15) is 21.1 Å². The Balaban J connectivity index is 2.20. The average molecular weight is 362 g/mol. The highest BCUT2D eigenvalue weighted by Crippen LogP contribution is 2.30. The fourth-order valence-electron chi connectivity index (χ4n) is 2.32. The maximum atomic E-state index is 12.5. The minimum absolute atomic E-state index is 0.0805. The largest absolute Gasteiger partial charge is 0.435 e. The number of hydrogen-bond acceptors (Lipinski definition) is 5. The monoisotopic (exact) mass is 362 g/mol. The molecule has 1 atom stereocenters. The van der Waals surface area contributed by atoms with Crippen LogP contribution in [-0.4, -0.2) is 50.4 Å². The van der Waals surface area contributed by atoms with Gasteiger partial charge in [0.05, 0.1) is 5.75 Å². The highest BCUT2D eigenvalue weighted by atomic mass is 32.2. The van der Waals surface area contributed by atoms with Gasteiger partial charge in [0.2, 0.25) is 0 Å². The minimum atomic E-state index is -3.34. The summed E-state index contributed by atoms with van der Waals surface area (Å²) < 4.78 is 51.0. The summed E-state index contributed by atoms with van der Waals surface area (Å²) in [4.78, 5) is 25.3. The van der Waals surface area contributed by atoms with Gasteiger partial charge in [-0.25, -0.2) is 13.2 Å². The molecule has 0 bridgehead atoms. The number of alkyl halides is 2. The minimum Gasteiger partial charge on any atom is -0.435 e. The smallest absolute Gasteiger partial charge is 0.387 e. The summed E-state index contributed by atoms with van der Waals surface area (Å²) in [5, 5.41) is 2.50. The summed E-state index contributed by atoms with van der Waals surface area (Å²) in [5.74, 6) is -1.04. The lowest BCUT2D eigenvalue weighted by molar-refractivity contribution is -0.130. The molecule has 1 heterocycles. The molecule has 2 rings (SSSR count). The highest BCUT2D eigenvalue weighted by Gasteiger charge is 2.48. The molecule has 1 saturated heterocycles. The van der Waals surface area contributed by atoms with Gasteiger partial charge in [0, 0.05) is 12.8 Å². The first kappa shape index (κ1) is 18.1. The Bertz CT molecular complexity index is 751. The van der Waals surface area contributed by atoms with Gasteiger partial charge >= 0.3 is 12.6 Å². The number of rotatable bonds is 6. The predicted octanol–water partition coefficient (Wildman–Crippen LogP) is 1.10. The number of imide groups is 1. The number of amides is 3. The maximum Gasteiger partial charge on any atom is 0.387 e. The number of benzene rings is 1. The average Bonchev–Trinajstić information content (AvgIpc) is 2.67. The van der Waals surface area contributed by atoms with E-state index in [9.17, 15) is 26.8 Å². The van der Waals surface area contributed by atoms with Gasteiger partial charge < -0.3 is 10.1 Å². The number of urea groups is 1. The van der Waals surface area contributed by atoms with Crippen molar-refractivity contribution in [2.45, 2.75) is 19.1 Å². The van der Waals surface area contributed by atoms with E-state index in [2.05, 4.69) is 10.1 Å². The molecule has 0 aliphatic carbocycles. The number of nitrogens with zero attached hydrogens (tertiary/aromatic N) is 1. The molecule has 1 N–H and O–H groups in total. The summed E-state index contributed by atoms with van der Waals surface area (Å²) in [7, 11) is -3.34. The van der Waals surface area contributed by atoms with Crippen molar-refractivity contribution in [3.63, 3.8) is 0 Å². The lowest BCUT2D eigenvalue weighted by Crippen LogP contribution is -2.41. The van der Waals surface area contributed by atoms with E-state index in [1.54, 1.807) is 0 Å². The normalized spacial score (nSPS) is 21.3. The molecule has 7 nitrogen and oxygen atoms in total. The Morgan fingerprint density at radius 1 is 1.25 bits per heavy atom. The van der Waals surface area contributed by atoms with E-state index < -0.39 is 33.9 Å². The third kappa shape index (κ3) is 3.81. The molecule has 132 valence electrons. The molecule has 1 aliphatic heterocycles. The quantitative estimate of drug-likeness (QED) is 0.765. The predicted molar refractivity (Wildman–Crippen MR) is 80.4 cm³/mol. The number of nitrogens with one attached hydrogen (secondary N) is 1. The van der Waals surface area contributed by atoms with Crippen LogP contribution >= 0.6 is 0 Å². The summed E-state index contributed by atoms with van der Waals surface area (Å²) in [6, 6.07) is 4.57. The third-order valence-corrected chi connectivity index (χ3v) is 4.54. The number of ether oxygens (including phenoxy) is 1. The molecule has 1 aromatic rings. The van der Waals surface area contributed by atoms with Gasteiger partial charge in [0.15, 0.2) is 0 Å². The van der Waals surface area contributed by atoms with Crippen LogP contribution in [0, 0.1) is 0 Å². The second-order valence-corrected chi connectivity index (χ2v) is 7.80. The van der Waals surface area contributed by atoms with Crippen molar-refractivity contribution in [2.75, 3.05) is 18.6 Å². The molecule has 0 spiro atoms. The Morgan fingerprint density at radius 3 is 2.33 bits per heavy atom. The number of halogens is 2. The van der Waals surface area contributed by atoms with Crippen LogP contribution in [0.5, 0.6) is 5.75 Å². The van der Waals surface area contributed by atoms with Gasteiger partial charge in [-0.3, -0.25) is 9.69 Å². The fourth-order valence-corrected chi connectivity index (χ4v) is 2.84. The van der Waals surface area contributed by atoms with Gasteiger partial charge in [-0.2, -0.15) is 8.78 Å². The molecule has 0 aromatic heterocycles. The summed E-state index contributed by atoms with van der Waals surface area (Å²) >= 11 is 0. The highest BCUT2D eigenvalue weighted by molar-refractivity contribution is 7.90. The van der Waals surface area contributed by atoms with Crippen LogP contribution in [0.25, 0.3) is 0 Å². The molecule has 0 saturated carbocycles. The van der Waals surface area contributed by atoms with Crippen LogP contribution in [0.15, 0.2) is 24.3 Å². The van der Waals surface area contributed by atoms with Crippen molar-refractivity contribution in [1.29, 1.82) is 0 Å². The summed E-state index contributed by atoms with van der Waals surface area (Å²) in [6.07, 6.45) is 1.01. The molecular formula is C14H16F2N2O5S. The Labute approximate surface area is 137 Å². The van der Waals surface area contributed by atoms with Gasteiger partial charge in [-0.05, 0) is 24.6 Å². The summed E-state index contributed by atoms with van der Waals surface area (Å²) in [6.45, 7) is -1.77. The first-order valence-electron chi connectivity index (χ1n) is 6.90. The molecule has 1 aliphatic rings. The Hall–Kier alpha value is -2.23. The van der Waals surface area contributed by atoms with E-state index >= 15 is 0 Å². The number of sulfone groups is 1. The SMILES string of the molecule is C[C@@]1(c2ccc(OC(F)F)cc2)NC(=O)N(CCS(C)(=O)=O)C1=O. The molecule has 3 amide bonds. The zero-order valence-corrected chi connectivity index (χ0v) is 13.8. The lowest BCUT2D eigenvalue weighted by atomic mass is 9.92. The number of carbonyl (C=O) groups excluding carboxylic acids is 2. The van der Waals surface area contributed by atoms with Crippen LogP contribution in [0.2, 0.25) is 0 Å². The van der Waals surface area contributed by atoms with Crippen LogP contribution < -0.4 is 10.1 Å². The molecule has 1 fully saturated rings. The Morgan fingerprint density at radius 2 is 1.83 bits per heavy atom. The van der Waals surface area contributed by atoms with Gasteiger partial charge in [0.25, 0.3) is 5.91 Å². The Kier molecular flexibility index (Phi) is 4.79. The summed E-state index contributed by atoms with van der Waals surface area (Å²) in [5.41, 5.74) is -1.04. The van der Waals surface area contributed by atoms with Crippen molar-refractivity contribution in [3.05, 3.63) is 29.8 Å². The number of hydrogen-bond donors (Lipinski definition) is 1. The van der Waals surface area contributed by atoms with Crippen molar-refractivity contribution in [2.24, 2.45) is 0 Å². The van der Waals surface area contributed by atoms with Crippen molar-refractivity contribution in [3.8, 4) is 5.75 Å². The van der Waals surface area contributed by atoms with E-state index in [0.717, 1.165) is 11.2 Å². The van der Waals surface area contributed by atoms with Gasteiger partial charge in [-0.1, -0.05) is 12.1 Å². The van der Waals surface area contributed by atoms with E-state index in [1.807, 2.05) is 0 Å². The van der Waals surface area contributed by atoms with Crippen LogP contribution in [0.1, 0.15) is 12.5 Å². The first-order valence-corrected chi connectivity index (χ1v) is 8.96. The topological polar surface area (TPSA) is 92.8 Å². The van der Waals surface area contributed by atoms with Crippen LogP contribution in [-0.2, 0) is 20.2 Å². The van der Waals surface area contributed by atoms with Crippen molar-refractivity contribution >= 4 is 21.8 Å².